The van der Waals surface area contributed by atoms with Crippen molar-refractivity contribution in [3.8, 4) is 5.75 Å². The highest BCUT2D eigenvalue weighted by Gasteiger charge is 2.37. The van der Waals surface area contributed by atoms with Gasteiger partial charge in [-0.2, -0.15) is 0 Å². The van der Waals surface area contributed by atoms with Crippen molar-refractivity contribution in [1.29, 1.82) is 0 Å². The summed E-state index contributed by atoms with van der Waals surface area (Å²) in [5, 5.41) is 0.877. The zero-order valence-electron chi connectivity index (χ0n) is 17.8. The lowest BCUT2D eigenvalue weighted by Gasteiger charge is -2.26. The number of para-hydroxylation sites is 1. The topological polar surface area (TPSA) is 80.9 Å². The standard InChI is InChI=1S/C25H24N2O5/c1-16-21(19-7-2-3-8-20(19)26-16)23-22(24(28)32-25(23)29)17-5-4-6-18(15-17)31-14-11-27-9-12-30-13-10-27/h2-8,15,26H,9-14H2,1H3. The van der Waals surface area contributed by atoms with Gasteiger partial charge in [-0.25, -0.2) is 9.59 Å². The fourth-order valence-corrected chi connectivity index (χ4v) is 4.34. The number of aromatic amines is 1. The van der Waals surface area contributed by atoms with Gasteiger partial charge in [0.1, 0.15) is 12.4 Å². The van der Waals surface area contributed by atoms with Gasteiger partial charge < -0.3 is 19.2 Å². The summed E-state index contributed by atoms with van der Waals surface area (Å²) in [6.07, 6.45) is 0. The van der Waals surface area contributed by atoms with E-state index in [0.717, 1.165) is 49.4 Å². The number of esters is 2. The van der Waals surface area contributed by atoms with Gasteiger partial charge in [0.15, 0.2) is 0 Å². The number of H-pyrrole nitrogens is 1. The van der Waals surface area contributed by atoms with Crippen LogP contribution in [0.3, 0.4) is 0 Å². The van der Waals surface area contributed by atoms with E-state index >= 15 is 0 Å². The molecule has 0 spiro atoms. The Labute approximate surface area is 185 Å². The van der Waals surface area contributed by atoms with Crippen molar-refractivity contribution in [1.82, 2.24) is 9.88 Å². The maximum atomic E-state index is 12.7. The minimum absolute atomic E-state index is 0.265. The summed E-state index contributed by atoms with van der Waals surface area (Å²) in [5.41, 5.74) is 3.56. The Morgan fingerprint density at radius 1 is 1.00 bits per heavy atom. The molecule has 2 aromatic carbocycles. The number of hydrogen-bond donors (Lipinski definition) is 1. The van der Waals surface area contributed by atoms with E-state index in [4.69, 9.17) is 14.2 Å². The molecule has 3 aromatic rings. The third kappa shape index (κ3) is 3.81. The Bertz CT molecular complexity index is 1220. The fourth-order valence-electron chi connectivity index (χ4n) is 4.34. The normalized spacial score (nSPS) is 17.3. The van der Waals surface area contributed by atoms with Crippen LogP contribution in [0.2, 0.25) is 0 Å². The average Bonchev–Trinajstić information content (AvgIpc) is 3.28. The first kappa shape index (κ1) is 20.5. The first-order valence-electron chi connectivity index (χ1n) is 10.7. The molecule has 3 heterocycles. The van der Waals surface area contributed by atoms with Gasteiger partial charge in [-0.15, -0.1) is 0 Å². The van der Waals surface area contributed by atoms with E-state index in [0.29, 0.717) is 23.5 Å². The van der Waals surface area contributed by atoms with Crippen molar-refractivity contribution in [3.63, 3.8) is 0 Å². The molecule has 1 fully saturated rings. The molecule has 0 radical (unpaired) electrons. The van der Waals surface area contributed by atoms with Crippen LogP contribution in [-0.4, -0.2) is 61.3 Å². The van der Waals surface area contributed by atoms with Gasteiger partial charge in [-0.1, -0.05) is 30.3 Å². The molecule has 5 rings (SSSR count). The van der Waals surface area contributed by atoms with Crippen LogP contribution in [0.15, 0.2) is 48.5 Å². The number of aryl methyl sites for hydroxylation is 1. The molecule has 2 aliphatic rings. The first-order valence-corrected chi connectivity index (χ1v) is 10.7. The second-order valence-electron chi connectivity index (χ2n) is 7.93. The van der Waals surface area contributed by atoms with E-state index < -0.39 is 11.9 Å². The third-order valence-electron chi connectivity index (χ3n) is 5.89. The SMILES string of the molecule is Cc1[nH]c2ccccc2c1C1=C(c2cccc(OCCN3CCOCC3)c2)C(=O)OC1=O. The molecule has 0 bridgehead atoms. The number of hydrogen-bond acceptors (Lipinski definition) is 6. The van der Waals surface area contributed by atoms with E-state index in [2.05, 4.69) is 9.88 Å². The number of carbonyl (C=O) groups excluding carboxylic acids is 2. The van der Waals surface area contributed by atoms with E-state index in [-0.39, 0.29) is 11.1 Å². The highest BCUT2D eigenvalue weighted by molar-refractivity contribution is 6.46. The molecule has 0 atom stereocenters. The van der Waals surface area contributed by atoms with Crippen molar-refractivity contribution in [2.75, 3.05) is 39.5 Å². The van der Waals surface area contributed by atoms with Crippen molar-refractivity contribution in [2.45, 2.75) is 6.92 Å². The van der Waals surface area contributed by atoms with Crippen LogP contribution in [0.25, 0.3) is 22.0 Å². The number of nitrogens with one attached hydrogen (secondary N) is 1. The zero-order valence-corrected chi connectivity index (χ0v) is 17.8. The van der Waals surface area contributed by atoms with Gasteiger partial charge in [0.25, 0.3) is 0 Å². The lowest BCUT2D eigenvalue weighted by molar-refractivity contribution is -0.149. The molecule has 0 saturated carbocycles. The molecule has 164 valence electrons. The Hall–Kier alpha value is -3.42. The number of ether oxygens (including phenoxy) is 3. The number of morpholine rings is 1. The van der Waals surface area contributed by atoms with E-state index in [1.807, 2.05) is 43.3 Å². The number of carbonyl (C=O) groups is 2. The van der Waals surface area contributed by atoms with Crippen LogP contribution in [0.1, 0.15) is 16.8 Å². The van der Waals surface area contributed by atoms with E-state index in [1.54, 1.807) is 12.1 Å². The average molecular weight is 432 g/mol. The summed E-state index contributed by atoms with van der Waals surface area (Å²) in [4.78, 5) is 31.0. The molecule has 2 aliphatic heterocycles. The summed E-state index contributed by atoms with van der Waals surface area (Å²) in [6.45, 7) is 6.51. The van der Waals surface area contributed by atoms with Crippen molar-refractivity contribution >= 4 is 34.0 Å². The monoisotopic (exact) mass is 432 g/mol. The number of rotatable bonds is 6. The maximum Gasteiger partial charge on any atom is 0.347 e. The van der Waals surface area contributed by atoms with Crippen LogP contribution in [0, 0.1) is 6.92 Å². The summed E-state index contributed by atoms with van der Waals surface area (Å²) in [5.74, 6) is -0.623. The first-order chi connectivity index (χ1) is 15.6. The molecular formula is C25H24N2O5. The Morgan fingerprint density at radius 2 is 1.78 bits per heavy atom. The molecule has 1 saturated heterocycles. The van der Waals surface area contributed by atoms with E-state index in [9.17, 15) is 9.59 Å². The van der Waals surface area contributed by atoms with Crippen LogP contribution in [0.4, 0.5) is 0 Å². The highest BCUT2D eigenvalue weighted by atomic mass is 16.6. The van der Waals surface area contributed by atoms with Gasteiger partial charge >= 0.3 is 11.9 Å². The fraction of sp³-hybridized carbons (Fsp3) is 0.280. The van der Waals surface area contributed by atoms with Crippen LogP contribution in [-0.2, 0) is 19.1 Å². The molecule has 7 heteroatoms. The molecule has 0 unspecified atom stereocenters. The minimum Gasteiger partial charge on any atom is -0.492 e. The number of fused-ring (bicyclic) bond motifs is 1. The van der Waals surface area contributed by atoms with Gasteiger partial charge in [0.05, 0.1) is 24.4 Å². The Morgan fingerprint density at radius 3 is 2.62 bits per heavy atom. The van der Waals surface area contributed by atoms with Crippen molar-refractivity contribution in [2.24, 2.45) is 0 Å². The zero-order chi connectivity index (χ0) is 22.1. The number of nitrogens with zero attached hydrogens (tertiary/aromatic N) is 1. The molecule has 32 heavy (non-hydrogen) atoms. The maximum absolute atomic E-state index is 12.7. The van der Waals surface area contributed by atoms with Crippen LogP contribution >= 0.6 is 0 Å². The number of aromatic nitrogens is 1. The van der Waals surface area contributed by atoms with Crippen molar-refractivity contribution < 1.29 is 23.8 Å². The minimum atomic E-state index is -0.639. The summed E-state index contributed by atoms with van der Waals surface area (Å²) < 4.78 is 16.4. The predicted molar refractivity (Wildman–Crippen MR) is 120 cm³/mol. The Kier molecular flexibility index (Phi) is 5.51. The van der Waals surface area contributed by atoms with E-state index in [1.165, 1.54) is 0 Å². The molecule has 1 aromatic heterocycles. The van der Waals surface area contributed by atoms with Gasteiger partial charge in [-0.05, 0) is 30.7 Å². The van der Waals surface area contributed by atoms with Gasteiger partial charge in [0.2, 0.25) is 0 Å². The Balaban J connectivity index is 1.47. The van der Waals surface area contributed by atoms with Gasteiger partial charge in [-0.3, -0.25) is 4.90 Å². The molecular weight excluding hydrogens is 408 g/mol. The van der Waals surface area contributed by atoms with Gasteiger partial charge in [0, 0.05) is 41.8 Å². The quantitative estimate of drug-likeness (QED) is 0.476. The highest BCUT2D eigenvalue weighted by Crippen LogP contribution is 2.39. The lowest BCUT2D eigenvalue weighted by Crippen LogP contribution is -2.38. The largest absolute Gasteiger partial charge is 0.492 e. The second kappa shape index (κ2) is 8.61. The summed E-state index contributed by atoms with van der Waals surface area (Å²) >= 11 is 0. The predicted octanol–water partition coefficient (Wildman–Crippen LogP) is 3.18. The lowest BCUT2D eigenvalue weighted by atomic mass is 9.94. The molecule has 1 N–H and O–H groups in total. The summed E-state index contributed by atoms with van der Waals surface area (Å²) in [7, 11) is 0. The summed E-state index contributed by atoms with van der Waals surface area (Å²) in [6, 6.07) is 15.0. The molecule has 0 aliphatic carbocycles. The number of cyclic esters (lactones) is 2. The van der Waals surface area contributed by atoms with Crippen molar-refractivity contribution in [3.05, 3.63) is 65.4 Å². The molecule has 0 amide bonds. The molecule has 7 nitrogen and oxygen atoms in total. The van der Waals surface area contributed by atoms with Crippen LogP contribution < -0.4 is 4.74 Å². The number of benzene rings is 2. The third-order valence-corrected chi connectivity index (χ3v) is 5.89. The smallest absolute Gasteiger partial charge is 0.347 e. The second-order valence-corrected chi connectivity index (χ2v) is 7.93. The van der Waals surface area contributed by atoms with Crippen LogP contribution in [0.5, 0.6) is 5.75 Å².